The molecule has 9 nitrogen and oxygen atoms in total. The number of amides is 1. The zero-order chi connectivity index (χ0) is 28.6. The molecule has 6 rings (SSSR count). The summed E-state index contributed by atoms with van der Waals surface area (Å²) in [5.74, 6) is 1.06. The van der Waals surface area contributed by atoms with Gasteiger partial charge in [-0.05, 0) is 88.9 Å². The standard InChI is InChI=1S/C32H39N5O4/c1-32(2,3)41-31(39)33-22-11-6-8-16-36(20-22)30-24-12-5-4-10-21(24)18-26(34-30)29-25-19-23(38)14-15-27(25)37(35-29)28-13-7-9-17-40-28/h4-5,10,12,14-15,18-19,22,28,38H,6-9,11,13,16-17,20H2,1-3H3,(H,33,39)/t22-,28?/m0/s1. The van der Waals surface area contributed by atoms with Gasteiger partial charge in [-0.1, -0.05) is 24.3 Å². The van der Waals surface area contributed by atoms with Gasteiger partial charge in [-0.15, -0.1) is 0 Å². The second kappa shape index (κ2) is 11.2. The summed E-state index contributed by atoms with van der Waals surface area (Å²) in [6.07, 6.45) is 5.38. The first-order chi connectivity index (χ1) is 19.7. The van der Waals surface area contributed by atoms with E-state index in [1.165, 1.54) is 0 Å². The lowest BCUT2D eigenvalue weighted by molar-refractivity contribution is -0.0365. The highest BCUT2D eigenvalue weighted by Crippen LogP contribution is 2.37. The number of nitrogens with zero attached hydrogens (tertiary/aromatic N) is 4. The van der Waals surface area contributed by atoms with E-state index in [9.17, 15) is 9.90 Å². The molecule has 0 spiro atoms. The van der Waals surface area contributed by atoms with Crippen molar-refractivity contribution in [3.05, 3.63) is 48.5 Å². The third kappa shape index (κ3) is 5.95. The number of hydrogen-bond donors (Lipinski definition) is 2. The molecule has 4 heterocycles. The van der Waals surface area contributed by atoms with Crippen LogP contribution >= 0.6 is 0 Å². The number of benzene rings is 2. The number of alkyl carbamates (subject to hydrolysis) is 1. The molecular weight excluding hydrogens is 518 g/mol. The lowest BCUT2D eigenvalue weighted by atomic mass is 10.1. The van der Waals surface area contributed by atoms with Gasteiger partial charge in [-0.2, -0.15) is 5.10 Å². The molecule has 2 aromatic carbocycles. The van der Waals surface area contributed by atoms with Crippen LogP contribution in [0.2, 0.25) is 0 Å². The highest BCUT2D eigenvalue weighted by atomic mass is 16.6. The van der Waals surface area contributed by atoms with Crippen LogP contribution in [0.5, 0.6) is 5.75 Å². The Bertz CT molecular complexity index is 1550. The summed E-state index contributed by atoms with van der Waals surface area (Å²) < 4.78 is 13.6. The summed E-state index contributed by atoms with van der Waals surface area (Å²) in [6.45, 7) is 7.80. The molecule has 0 radical (unpaired) electrons. The van der Waals surface area contributed by atoms with Crippen LogP contribution in [0.15, 0.2) is 48.5 Å². The van der Waals surface area contributed by atoms with Crippen molar-refractivity contribution in [1.82, 2.24) is 20.1 Å². The fourth-order valence-electron chi connectivity index (χ4n) is 5.92. The number of phenolic OH excluding ortho intramolecular Hbond substituents is 1. The maximum Gasteiger partial charge on any atom is 0.407 e. The summed E-state index contributed by atoms with van der Waals surface area (Å²) >= 11 is 0. The van der Waals surface area contributed by atoms with Crippen molar-refractivity contribution in [1.29, 1.82) is 0 Å². The van der Waals surface area contributed by atoms with Crippen molar-refractivity contribution < 1.29 is 19.4 Å². The van der Waals surface area contributed by atoms with Crippen molar-refractivity contribution in [3.8, 4) is 17.1 Å². The van der Waals surface area contributed by atoms with Gasteiger partial charge in [0.1, 0.15) is 22.9 Å². The molecular formula is C32H39N5O4. The Morgan fingerprint density at radius 1 is 1.05 bits per heavy atom. The minimum absolute atomic E-state index is 0.0583. The van der Waals surface area contributed by atoms with Crippen LogP contribution in [0.1, 0.15) is 65.5 Å². The number of carbonyl (C=O) groups is 1. The molecule has 216 valence electrons. The lowest BCUT2D eigenvalue weighted by Gasteiger charge is -2.28. The first-order valence-corrected chi connectivity index (χ1v) is 14.7. The molecule has 1 amide bonds. The van der Waals surface area contributed by atoms with Crippen LogP contribution in [0.3, 0.4) is 0 Å². The third-order valence-electron chi connectivity index (χ3n) is 7.77. The summed E-state index contributed by atoms with van der Waals surface area (Å²) in [5, 5.41) is 21.5. The molecule has 2 saturated heterocycles. The Labute approximate surface area is 240 Å². The van der Waals surface area contributed by atoms with Crippen molar-refractivity contribution in [2.75, 3.05) is 24.6 Å². The number of pyridine rings is 1. The number of phenols is 1. The molecule has 4 aromatic rings. The van der Waals surface area contributed by atoms with Crippen molar-refractivity contribution in [3.63, 3.8) is 0 Å². The third-order valence-corrected chi connectivity index (χ3v) is 7.77. The van der Waals surface area contributed by atoms with Gasteiger partial charge in [0.25, 0.3) is 0 Å². The predicted octanol–water partition coefficient (Wildman–Crippen LogP) is 6.54. The van der Waals surface area contributed by atoms with E-state index in [0.29, 0.717) is 13.2 Å². The Kier molecular flexibility index (Phi) is 7.46. The van der Waals surface area contributed by atoms with Gasteiger partial charge in [0.2, 0.25) is 0 Å². The van der Waals surface area contributed by atoms with Crippen LogP contribution in [-0.4, -0.2) is 57.3 Å². The number of hydrogen-bond acceptors (Lipinski definition) is 7. The van der Waals surface area contributed by atoms with E-state index in [4.69, 9.17) is 19.6 Å². The first kappa shape index (κ1) is 27.3. The number of rotatable bonds is 4. The van der Waals surface area contributed by atoms with Crippen molar-refractivity contribution in [2.24, 2.45) is 0 Å². The van der Waals surface area contributed by atoms with Gasteiger partial charge in [-0.3, -0.25) is 0 Å². The average Bonchev–Trinajstić information content (AvgIpc) is 3.16. The van der Waals surface area contributed by atoms with Crippen LogP contribution in [0.4, 0.5) is 10.6 Å². The van der Waals surface area contributed by atoms with Crippen LogP contribution in [0.25, 0.3) is 33.1 Å². The summed E-state index contributed by atoms with van der Waals surface area (Å²) in [5.41, 5.74) is 1.82. The Morgan fingerprint density at radius 2 is 1.88 bits per heavy atom. The molecule has 2 aliphatic rings. The molecule has 0 bridgehead atoms. The Hall–Kier alpha value is -3.85. The Balaban J connectivity index is 1.41. The molecule has 2 N–H and O–H groups in total. The molecule has 41 heavy (non-hydrogen) atoms. The smallest absolute Gasteiger partial charge is 0.407 e. The highest BCUT2D eigenvalue weighted by molar-refractivity contribution is 5.99. The minimum atomic E-state index is -0.552. The second-order valence-corrected chi connectivity index (χ2v) is 12.2. The minimum Gasteiger partial charge on any atom is -0.508 e. The zero-order valence-corrected chi connectivity index (χ0v) is 24.1. The topological polar surface area (TPSA) is 102 Å². The number of aromatic hydroxyl groups is 1. The molecule has 0 saturated carbocycles. The van der Waals surface area contributed by atoms with Gasteiger partial charge < -0.3 is 24.8 Å². The van der Waals surface area contributed by atoms with Gasteiger partial charge in [-0.25, -0.2) is 14.5 Å². The van der Waals surface area contributed by atoms with E-state index in [2.05, 4.69) is 28.4 Å². The quantitative estimate of drug-likeness (QED) is 0.294. The van der Waals surface area contributed by atoms with E-state index in [-0.39, 0.29) is 18.0 Å². The normalized spacial score (nSPS) is 20.2. The van der Waals surface area contributed by atoms with Crippen LogP contribution in [-0.2, 0) is 9.47 Å². The highest BCUT2D eigenvalue weighted by Gasteiger charge is 2.27. The molecule has 9 heteroatoms. The first-order valence-electron chi connectivity index (χ1n) is 14.7. The number of nitrogens with one attached hydrogen (secondary N) is 1. The predicted molar refractivity (Wildman–Crippen MR) is 160 cm³/mol. The van der Waals surface area contributed by atoms with Crippen molar-refractivity contribution >= 4 is 33.6 Å². The van der Waals surface area contributed by atoms with Crippen LogP contribution < -0.4 is 10.2 Å². The molecule has 2 atom stereocenters. The number of ether oxygens (including phenoxy) is 2. The zero-order valence-electron chi connectivity index (χ0n) is 24.1. The summed E-state index contributed by atoms with van der Waals surface area (Å²) in [6, 6.07) is 15.6. The maximum atomic E-state index is 12.6. The fourth-order valence-corrected chi connectivity index (χ4v) is 5.92. The van der Waals surface area contributed by atoms with E-state index < -0.39 is 11.7 Å². The summed E-state index contributed by atoms with van der Waals surface area (Å²) in [4.78, 5) is 20.1. The van der Waals surface area contributed by atoms with Gasteiger partial charge >= 0.3 is 6.09 Å². The number of aromatic nitrogens is 3. The van der Waals surface area contributed by atoms with Gasteiger partial charge in [0, 0.05) is 36.5 Å². The molecule has 2 fully saturated rings. The molecule has 2 aliphatic heterocycles. The lowest BCUT2D eigenvalue weighted by Crippen LogP contribution is -2.45. The summed E-state index contributed by atoms with van der Waals surface area (Å²) in [7, 11) is 0. The number of carbonyl (C=O) groups excluding carboxylic acids is 1. The SMILES string of the molecule is CC(C)(C)OC(=O)N[C@H]1CCCCN(c2nc(-c3nn(C4CCCCO4)c4ccc(O)cc34)cc3ccccc23)C1. The van der Waals surface area contributed by atoms with E-state index >= 15 is 0 Å². The fraction of sp³-hybridized carbons (Fsp3) is 0.469. The monoisotopic (exact) mass is 557 g/mol. The van der Waals surface area contributed by atoms with E-state index in [1.807, 2.05) is 43.7 Å². The van der Waals surface area contributed by atoms with Crippen molar-refractivity contribution in [2.45, 2.75) is 77.2 Å². The average molecular weight is 558 g/mol. The van der Waals surface area contributed by atoms with Gasteiger partial charge in [0.15, 0.2) is 6.23 Å². The number of anilines is 1. The number of fused-ring (bicyclic) bond motifs is 2. The molecule has 2 aromatic heterocycles. The maximum absolute atomic E-state index is 12.6. The second-order valence-electron chi connectivity index (χ2n) is 12.2. The largest absolute Gasteiger partial charge is 0.508 e. The Morgan fingerprint density at radius 3 is 2.68 bits per heavy atom. The molecule has 0 aliphatic carbocycles. The molecule has 1 unspecified atom stereocenters. The van der Waals surface area contributed by atoms with Gasteiger partial charge in [0.05, 0.1) is 11.2 Å². The van der Waals surface area contributed by atoms with E-state index in [0.717, 1.165) is 84.0 Å². The van der Waals surface area contributed by atoms with Crippen LogP contribution in [0, 0.1) is 0 Å². The van der Waals surface area contributed by atoms with E-state index in [1.54, 1.807) is 12.1 Å².